The molecule has 4 aromatic rings. The van der Waals surface area contributed by atoms with Crippen molar-refractivity contribution in [3.05, 3.63) is 104 Å². The second kappa shape index (κ2) is 8.60. The maximum Gasteiger partial charge on any atom is 0.332 e. The Labute approximate surface area is 180 Å². The lowest BCUT2D eigenvalue weighted by Gasteiger charge is -2.20. The van der Waals surface area contributed by atoms with Crippen molar-refractivity contribution >= 4 is 16.7 Å². The van der Waals surface area contributed by atoms with Gasteiger partial charge in [0.1, 0.15) is 5.39 Å². The number of pyridine rings is 1. The number of fused-ring (bicyclic) bond motifs is 1. The Morgan fingerprint density at radius 2 is 1.48 bits per heavy atom. The largest absolute Gasteiger partial charge is 0.384 e. The van der Waals surface area contributed by atoms with Crippen LogP contribution in [-0.4, -0.2) is 20.7 Å². The zero-order chi connectivity index (χ0) is 22.0. The molecule has 0 bridgehead atoms. The summed E-state index contributed by atoms with van der Waals surface area (Å²) in [6.07, 6.45) is 2.55. The van der Waals surface area contributed by atoms with Crippen molar-refractivity contribution in [1.82, 2.24) is 14.1 Å². The van der Waals surface area contributed by atoms with Crippen LogP contribution in [0.4, 0.5) is 5.69 Å². The summed E-state index contributed by atoms with van der Waals surface area (Å²) in [5.74, 6) is 0.232. The lowest BCUT2D eigenvalue weighted by Crippen LogP contribution is -2.37. The highest BCUT2D eigenvalue weighted by Gasteiger charge is 2.17. The molecule has 2 heterocycles. The monoisotopic (exact) mass is 414 g/mol. The quantitative estimate of drug-likeness (QED) is 0.524. The van der Waals surface area contributed by atoms with Gasteiger partial charge in [-0.05, 0) is 30.0 Å². The number of nitrogens with one attached hydrogen (secondary N) is 1. The molecule has 31 heavy (non-hydrogen) atoms. The maximum atomic E-state index is 12.9. The summed E-state index contributed by atoms with van der Waals surface area (Å²) >= 11 is 0. The normalized spacial score (nSPS) is 11.2. The second-order valence-electron chi connectivity index (χ2n) is 7.81. The van der Waals surface area contributed by atoms with E-state index >= 15 is 0 Å². The molecule has 0 unspecified atom stereocenters. The number of rotatable bonds is 6. The molecule has 0 radical (unpaired) electrons. The van der Waals surface area contributed by atoms with Gasteiger partial charge in [0.25, 0.3) is 5.56 Å². The molecule has 0 saturated heterocycles. The van der Waals surface area contributed by atoms with Crippen LogP contribution < -0.4 is 16.6 Å². The fourth-order valence-corrected chi connectivity index (χ4v) is 4.09. The predicted molar refractivity (Wildman–Crippen MR) is 125 cm³/mol. The first-order chi connectivity index (χ1) is 15.0. The fourth-order valence-electron chi connectivity index (χ4n) is 4.09. The van der Waals surface area contributed by atoms with Gasteiger partial charge in [-0.25, -0.2) is 9.78 Å². The van der Waals surface area contributed by atoms with E-state index in [1.54, 1.807) is 13.2 Å². The van der Waals surface area contributed by atoms with Crippen LogP contribution in [0.3, 0.4) is 0 Å². The summed E-state index contributed by atoms with van der Waals surface area (Å²) in [7, 11) is 3.13. The molecule has 0 amide bonds. The van der Waals surface area contributed by atoms with Gasteiger partial charge in [0.15, 0.2) is 5.65 Å². The average molecular weight is 415 g/mol. The van der Waals surface area contributed by atoms with Crippen molar-refractivity contribution in [2.75, 3.05) is 11.9 Å². The van der Waals surface area contributed by atoms with Gasteiger partial charge in [-0.3, -0.25) is 13.9 Å². The lowest BCUT2D eigenvalue weighted by atomic mass is 9.88. The van der Waals surface area contributed by atoms with Gasteiger partial charge in [0.05, 0.1) is 5.69 Å². The standard InChI is InChI=1S/C25H26N4O2/c1-17-16-27-23-21(24(30)29(3)25(31)28(23)2)22(17)26-15-14-20(18-10-6-4-7-11-18)19-12-8-5-9-13-19/h4-13,16,20H,14-15H2,1-3H3,(H,26,27). The van der Waals surface area contributed by atoms with Gasteiger partial charge in [0.2, 0.25) is 0 Å². The Morgan fingerprint density at radius 3 is 2.06 bits per heavy atom. The summed E-state index contributed by atoms with van der Waals surface area (Å²) < 4.78 is 2.55. The number of hydrogen-bond acceptors (Lipinski definition) is 4. The molecular formula is C25H26N4O2. The highest BCUT2D eigenvalue weighted by Crippen LogP contribution is 2.29. The molecule has 0 atom stereocenters. The maximum absolute atomic E-state index is 12.9. The Morgan fingerprint density at radius 1 is 0.903 bits per heavy atom. The molecule has 0 saturated carbocycles. The first-order valence-corrected chi connectivity index (χ1v) is 10.4. The zero-order valence-electron chi connectivity index (χ0n) is 18.0. The van der Waals surface area contributed by atoms with Crippen LogP contribution >= 0.6 is 0 Å². The van der Waals surface area contributed by atoms with Crippen LogP contribution in [0.25, 0.3) is 11.0 Å². The van der Waals surface area contributed by atoms with Crippen LogP contribution in [0.1, 0.15) is 29.0 Å². The minimum Gasteiger partial charge on any atom is -0.384 e. The van der Waals surface area contributed by atoms with Crippen LogP contribution in [0.15, 0.2) is 76.4 Å². The molecule has 4 rings (SSSR count). The fraction of sp³-hybridized carbons (Fsp3) is 0.240. The Bertz CT molecular complexity index is 1290. The third-order valence-corrected chi connectivity index (χ3v) is 5.80. The van der Waals surface area contributed by atoms with Crippen molar-refractivity contribution in [2.24, 2.45) is 14.1 Å². The number of anilines is 1. The minimum atomic E-state index is -0.381. The van der Waals surface area contributed by atoms with Crippen molar-refractivity contribution in [2.45, 2.75) is 19.3 Å². The van der Waals surface area contributed by atoms with Crippen molar-refractivity contribution in [1.29, 1.82) is 0 Å². The van der Waals surface area contributed by atoms with Gasteiger partial charge in [-0.1, -0.05) is 60.7 Å². The van der Waals surface area contributed by atoms with Gasteiger partial charge >= 0.3 is 5.69 Å². The Balaban J connectivity index is 1.68. The first kappa shape index (κ1) is 20.6. The molecular weight excluding hydrogens is 388 g/mol. The summed E-state index contributed by atoms with van der Waals surface area (Å²) in [6.45, 7) is 2.59. The average Bonchev–Trinajstić information content (AvgIpc) is 2.81. The molecule has 2 aromatic carbocycles. The third kappa shape index (κ3) is 3.89. The number of aromatic nitrogens is 3. The molecule has 6 nitrogen and oxygen atoms in total. The third-order valence-electron chi connectivity index (χ3n) is 5.80. The van der Waals surface area contributed by atoms with E-state index in [1.807, 2.05) is 19.1 Å². The Hall–Kier alpha value is -3.67. The highest BCUT2D eigenvalue weighted by atomic mass is 16.2. The van der Waals surface area contributed by atoms with E-state index in [0.29, 0.717) is 17.6 Å². The summed E-state index contributed by atoms with van der Waals surface area (Å²) in [5.41, 5.74) is 3.80. The Kier molecular flexibility index (Phi) is 5.71. The predicted octanol–water partition coefficient (Wildman–Crippen LogP) is 3.57. The summed E-state index contributed by atoms with van der Waals surface area (Å²) in [5, 5.41) is 3.92. The van der Waals surface area contributed by atoms with Gasteiger partial charge < -0.3 is 5.32 Å². The molecule has 0 aliphatic rings. The molecule has 0 spiro atoms. The van der Waals surface area contributed by atoms with E-state index in [-0.39, 0.29) is 17.2 Å². The molecule has 2 aromatic heterocycles. The highest BCUT2D eigenvalue weighted by molar-refractivity contribution is 5.89. The van der Waals surface area contributed by atoms with Crippen molar-refractivity contribution in [3.63, 3.8) is 0 Å². The molecule has 1 N–H and O–H groups in total. The second-order valence-corrected chi connectivity index (χ2v) is 7.81. The molecule has 6 heteroatoms. The van der Waals surface area contributed by atoms with Crippen LogP contribution in [0.5, 0.6) is 0 Å². The molecule has 0 fully saturated rings. The lowest BCUT2D eigenvalue weighted by molar-refractivity contribution is 0.707. The number of hydrogen-bond donors (Lipinski definition) is 1. The number of aryl methyl sites for hydroxylation is 2. The van der Waals surface area contributed by atoms with E-state index in [9.17, 15) is 9.59 Å². The molecule has 0 aliphatic heterocycles. The van der Waals surface area contributed by atoms with Crippen LogP contribution in [-0.2, 0) is 14.1 Å². The number of benzene rings is 2. The summed E-state index contributed by atoms with van der Waals surface area (Å²) in [4.78, 5) is 29.5. The first-order valence-electron chi connectivity index (χ1n) is 10.4. The zero-order valence-corrected chi connectivity index (χ0v) is 18.0. The minimum absolute atomic E-state index is 0.232. The number of nitrogens with zero attached hydrogens (tertiary/aromatic N) is 3. The van der Waals surface area contributed by atoms with Crippen LogP contribution in [0, 0.1) is 6.92 Å². The molecule has 0 aliphatic carbocycles. The van der Waals surface area contributed by atoms with Crippen LogP contribution in [0.2, 0.25) is 0 Å². The van der Waals surface area contributed by atoms with E-state index in [4.69, 9.17) is 0 Å². The van der Waals surface area contributed by atoms with E-state index in [1.165, 1.54) is 22.7 Å². The smallest absolute Gasteiger partial charge is 0.332 e. The topological polar surface area (TPSA) is 68.9 Å². The van der Waals surface area contributed by atoms with Gasteiger partial charge in [-0.15, -0.1) is 0 Å². The summed E-state index contributed by atoms with van der Waals surface area (Å²) in [6, 6.07) is 20.9. The van der Waals surface area contributed by atoms with Gasteiger partial charge in [-0.2, -0.15) is 0 Å². The van der Waals surface area contributed by atoms with Crippen molar-refractivity contribution < 1.29 is 0 Å². The SMILES string of the molecule is Cc1cnc2c(c1NCCC(c1ccccc1)c1ccccc1)c(=O)n(C)c(=O)n2C. The van der Waals surface area contributed by atoms with Gasteiger partial charge in [0, 0.05) is 32.8 Å². The van der Waals surface area contributed by atoms with Crippen molar-refractivity contribution in [3.8, 4) is 0 Å². The van der Waals surface area contributed by atoms with E-state index in [2.05, 4.69) is 58.8 Å². The van der Waals surface area contributed by atoms with E-state index < -0.39 is 0 Å². The molecule has 158 valence electrons. The van der Waals surface area contributed by atoms with E-state index in [0.717, 1.165) is 22.2 Å².